The van der Waals surface area contributed by atoms with Crippen LogP contribution in [0, 0.1) is 0 Å². The van der Waals surface area contributed by atoms with E-state index in [4.69, 9.17) is 16.3 Å². The molecule has 0 saturated carbocycles. The van der Waals surface area contributed by atoms with Crippen molar-refractivity contribution in [2.24, 2.45) is 7.05 Å². The van der Waals surface area contributed by atoms with E-state index in [1.165, 1.54) is 10.7 Å². The molecular formula is C13H20ClN3O3S. The number of aromatic nitrogens is 2. The van der Waals surface area contributed by atoms with Crippen molar-refractivity contribution in [1.82, 2.24) is 15.1 Å². The van der Waals surface area contributed by atoms with Gasteiger partial charge in [-0.15, -0.1) is 0 Å². The Bertz CT molecular complexity index is 493. The minimum atomic E-state index is -0.662. The van der Waals surface area contributed by atoms with Crippen molar-refractivity contribution in [3.8, 4) is 0 Å². The number of hydrogen-bond acceptors (Lipinski definition) is 5. The molecule has 21 heavy (non-hydrogen) atoms. The summed E-state index contributed by atoms with van der Waals surface area (Å²) in [4.78, 5) is 24.2. The molecule has 0 aliphatic rings. The summed E-state index contributed by atoms with van der Waals surface area (Å²) in [5, 5.41) is 6.81. The normalized spacial score (nSPS) is 12.0. The van der Waals surface area contributed by atoms with Gasteiger partial charge >= 0.3 is 5.97 Å². The zero-order chi connectivity index (χ0) is 15.8. The number of hydrogen-bond donors (Lipinski definition) is 1. The van der Waals surface area contributed by atoms with E-state index in [0.717, 1.165) is 12.2 Å². The molecule has 0 bridgehead atoms. The highest BCUT2D eigenvalue weighted by Crippen LogP contribution is 2.10. The molecule has 1 amide bonds. The Morgan fingerprint density at radius 3 is 2.81 bits per heavy atom. The second-order valence-corrected chi connectivity index (χ2v) is 5.82. The lowest BCUT2D eigenvalue weighted by Gasteiger charge is -2.17. The van der Waals surface area contributed by atoms with Crippen LogP contribution in [-0.2, 0) is 16.6 Å². The Morgan fingerprint density at radius 2 is 2.29 bits per heavy atom. The van der Waals surface area contributed by atoms with Crippen LogP contribution in [0.1, 0.15) is 30.3 Å². The zero-order valence-corrected chi connectivity index (χ0v) is 14.0. The first-order valence-electron chi connectivity index (χ1n) is 6.65. The van der Waals surface area contributed by atoms with Crippen molar-refractivity contribution >= 4 is 35.2 Å². The minimum Gasteiger partial charge on any atom is -0.464 e. The summed E-state index contributed by atoms with van der Waals surface area (Å²) < 4.78 is 6.49. The zero-order valence-electron chi connectivity index (χ0n) is 12.4. The topological polar surface area (TPSA) is 73.2 Å². The van der Waals surface area contributed by atoms with Gasteiger partial charge in [-0.25, -0.2) is 4.79 Å². The van der Waals surface area contributed by atoms with Crippen molar-refractivity contribution in [3.63, 3.8) is 0 Å². The van der Waals surface area contributed by atoms with Gasteiger partial charge in [-0.1, -0.05) is 18.5 Å². The molecule has 1 heterocycles. The summed E-state index contributed by atoms with van der Waals surface area (Å²) in [5.41, 5.74) is 0.303. The number of nitrogens with one attached hydrogen (secondary N) is 1. The Labute approximate surface area is 133 Å². The number of nitrogens with zero attached hydrogens (tertiary/aromatic N) is 2. The van der Waals surface area contributed by atoms with Crippen LogP contribution >= 0.6 is 23.4 Å². The van der Waals surface area contributed by atoms with Crippen LogP contribution in [0.3, 0.4) is 0 Å². The Morgan fingerprint density at radius 1 is 1.57 bits per heavy atom. The van der Waals surface area contributed by atoms with Gasteiger partial charge in [0.25, 0.3) is 5.91 Å². The van der Waals surface area contributed by atoms with E-state index in [1.54, 1.807) is 18.8 Å². The second-order valence-electron chi connectivity index (χ2n) is 4.45. The Balaban J connectivity index is 2.73. The largest absolute Gasteiger partial charge is 0.464 e. The number of amides is 1. The smallest absolute Gasteiger partial charge is 0.328 e. The number of thioether (sulfide) groups is 1. The molecule has 0 saturated heterocycles. The van der Waals surface area contributed by atoms with Gasteiger partial charge in [-0.05, 0) is 24.9 Å². The molecule has 0 radical (unpaired) electrons. The molecule has 1 aromatic rings. The van der Waals surface area contributed by atoms with E-state index in [9.17, 15) is 9.59 Å². The summed E-state index contributed by atoms with van der Waals surface area (Å²) >= 11 is 7.36. The minimum absolute atomic E-state index is 0.233. The molecule has 0 aliphatic carbocycles. The number of carbonyl (C=O) groups is 2. The molecule has 8 heteroatoms. The van der Waals surface area contributed by atoms with Gasteiger partial charge in [0.15, 0.2) is 5.15 Å². The van der Waals surface area contributed by atoms with Crippen LogP contribution in [-0.4, -0.2) is 46.3 Å². The van der Waals surface area contributed by atoms with Crippen LogP contribution in [0.25, 0.3) is 0 Å². The van der Waals surface area contributed by atoms with E-state index >= 15 is 0 Å². The van der Waals surface area contributed by atoms with Crippen molar-refractivity contribution in [1.29, 1.82) is 0 Å². The van der Waals surface area contributed by atoms with Crippen molar-refractivity contribution < 1.29 is 14.3 Å². The number of halogens is 1. The lowest BCUT2D eigenvalue weighted by atomic mass is 10.2. The van der Waals surface area contributed by atoms with E-state index in [-0.39, 0.29) is 5.15 Å². The fourth-order valence-corrected chi connectivity index (χ4v) is 2.35. The maximum Gasteiger partial charge on any atom is 0.328 e. The van der Waals surface area contributed by atoms with Gasteiger partial charge in [0, 0.05) is 13.1 Å². The Kier molecular flexibility index (Phi) is 7.60. The molecule has 1 aromatic heterocycles. The quantitative estimate of drug-likeness (QED) is 0.735. The molecule has 0 unspecified atom stereocenters. The van der Waals surface area contributed by atoms with Crippen LogP contribution < -0.4 is 5.32 Å². The second kappa shape index (κ2) is 8.94. The molecule has 0 spiro atoms. The third-order valence-electron chi connectivity index (χ3n) is 2.73. The lowest BCUT2D eigenvalue weighted by Crippen LogP contribution is -2.43. The fourth-order valence-electron chi connectivity index (χ4n) is 1.66. The number of ether oxygens (including phenoxy) is 1. The third kappa shape index (κ3) is 5.59. The molecule has 6 nitrogen and oxygen atoms in total. The highest BCUT2D eigenvalue weighted by Gasteiger charge is 2.24. The first-order chi connectivity index (χ1) is 9.99. The highest BCUT2D eigenvalue weighted by atomic mass is 35.5. The first-order valence-corrected chi connectivity index (χ1v) is 8.42. The van der Waals surface area contributed by atoms with Gasteiger partial charge < -0.3 is 10.1 Å². The SMILES string of the molecule is CCCOC(=O)[C@H](CCSC)NC(=O)c1cc(Cl)nn1C. The average molecular weight is 334 g/mol. The summed E-state index contributed by atoms with van der Waals surface area (Å²) in [6.45, 7) is 2.27. The predicted molar refractivity (Wildman–Crippen MR) is 83.7 cm³/mol. The average Bonchev–Trinajstić information content (AvgIpc) is 2.79. The van der Waals surface area contributed by atoms with Crippen LogP contribution in [0.2, 0.25) is 5.15 Å². The molecule has 1 N–H and O–H groups in total. The molecular weight excluding hydrogens is 314 g/mol. The third-order valence-corrected chi connectivity index (χ3v) is 3.56. The summed E-state index contributed by atoms with van der Waals surface area (Å²) in [7, 11) is 1.62. The number of aryl methyl sites for hydroxylation is 1. The summed E-state index contributed by atoms with van der Waals surface area (Å²) in [6.07, 6.45) is 3.20. The van der Waals surface area contributed by atoms with Crippen molar-refractivity contribution in [2.75, 3.05) is 18.6 Å². The van der Waals surface area contributed by atoms with Gasteiger partial charge in [0.05, 0.1) is 6.61 Å². The molecule has 1 rings (SSSR count). The predicted octanol–water partition coefficient (Wildman–Crippen LogP) is 1.88. The van der Waals surface area contributed by atoms with E-state index in [2.05, 4.69) is 10.4 Å². The molecule has 118 valence electrons. The van der Waals surface area contributed by atoms with Gasteiger partial charge in [0.1, 0.15) is 11.7 Å². The van der Waals surface area contributed by atoms with E-state index in [1.807, 2.05) is 13.2 Å². The molecule has 0 aliphatic heterocycles. The number of rotatable bonds is 8. The van der Waals surface area contributed by atoms with E-state index < -0.39 is 17.9 Å². The van der Waals surface area contributed by atoms with E-state index in [0.29, 0.717) is 18.7 Å². The van der Waals surface area contributed by atoms with Crippen LogP contribution in [0.4, 0.5) is 0 Å². The number of carbonyl (C=O) groups excluding carboxylic acids is 2. The summed E-state index contributed by atoms with van der Waals surface area (Å²) in [5.74, 6) is -0.0536. The standard InChI is InChI=1S/C13H20ClN3O3S/c1-4-6-20-13(19)9(5-7-21-3)15-12(18)10-8-11(14)16-17(10)2/h8-9H,4-7H2,1-3H3,(H,15,18)/t9-/m0/s1. The fraction of sp³-hybridized carbons (Fsp3) is 0.615. The van der Waals surface area contributed by atoms with Crippen molar-refractivity contribution in [2.45, 2.75) is 25.8 Å². The summed E-state index contributed by atoms with van der Waals surface area (Å²) in [6, 6.07) is 0.796. The maximum absolute atomic E-state index is 12.2. The monoisotopic (exact) mass is 333 g/mol. The maximum atomic E-state index is 12.2. The van der Waals surface area contributed by atoms with Gasteiger partial charge in [0.2, 0.25) is 0 Å². The van der Waals surface area contributed by atoms with Crippen LogP contribution in [0.5, 0.6) is 0 Å². The highest BCUT2D eigenvalue weighted by molar-refractivity contribution is 7.98. The first kappa shape index (κ1) is 17.8. The molecule has 0 aromatic carbocycles. The lowest BCUT2D eigenvalue weighted by molar-refractivity contribution is -0.146. The van der Waals surface area contributed by atoms with Gasteiger partial charge in [-0.2, -0.15) is 16.9 Å². The molecule has 0 fully saturated rings. The van der Waals surface area contributed by atoms with Crippen LogP contribution in [0.15, 0.2) is 6.07 Å². The molecule has 1 atom stereocenters. The van der Waals surface area contributed by atoms with Crippen molar-refractivity contribution in [3.05, 3.63) is 16.9 Å². The van der Waals surface area contributed by atoms with Gasteiger partial charge in [-0.3, -0.25) is 9.48 Å². The number of esters is 1. The Hall–Kier alpha value is -1.21.